The van der Waals surface area contributed by atoms with Crippen molar-refractivity contribution in [3.8, 4) is 0 Å². The lowest BCUT2D eigenvalue weighted by molar-refractivity contribution is -0.323. The first-order valence-corrected chi connectivity index (χ1v) is 8.75. The predicted octanol–water partition coefficient (Wildman–Crippen LogP) is 0.916. The molecule has 0 amide bonds. The average molecular weight is 332 g/mol. The Bertz CT molecular complexity index is 374. The zero-order valence-electron chi connectivity index (χ0n) is 14.8. The van der Waals surface area contributed by atoms with Crippen molar-refractivity contribution >= 4 is 0 Å². The Morgan fingerprint density at radius 1 is 0.870 bits per heavy atom. The molecule has 10 atom stereocenters. The van der Waals surface area contributed by atoms with Gasteiger partial charge in [-0.3, -0.25) is 0 Å². The van der Waals surface area contributed by atoms with E-state index in [2.05, 4.69) is 27.7 Å². The molecule has 4 unspecified atom stereocenters. The second-order valence-electron chi connectivity index (χ2n) is 7.17. The molecule has 2 heterocycles. The molecule has 0 saturated carbocycles. The van der Waals surface area contributed by atoms with E-state index < -0.39 is 30.5 Å². The third-order valence-corrected chi connectivity index (χ3v) is 5.76. The van der Waals surface area contributed by atoms with E-state index in [4.69, 9.17) is 14.2 Å². The highest BCUT2D eigenvalue weighted by atomic mass is 16.7. The van der Waals surface area contributed by atoms with Crippen molar-refractivity contribution in [1.82, 2.24) is 0 Å². The van der Waals surface area contributed by atoms with Crippen molar-refractivity contribution in [2.75, 3.05) is 6.61 Å². The molecule has 6 heteroatoms. The molecule has 0 aromatic heterocycles. The summed E-state index contributed by atoms with van der Waals surface area (Å²) in [6.45, 7) is 9.83. The minimum absolute atomic E-state index is 0.0540. The van der Waals surface area contributed by atoms with Crippen LogP contribution in [0.4, 0.5) is 0 Å². The Labute approximate surface area is 138 Å². The molecule has 0 bridgehead atoms. The normalized spacial score (nSPS) is 51.7. The van der Waals surface area contributed by atoms with Gasteiger partial charge in [-0.25, -0.2) is 0 Å². The molecule has 2 aliphatic heterocycles. The van der Waals surface area contributed by atoms with Crippen LogP contribution in [0.1, 0.15) is 41.0 Å². The van der Waals surface area contributed by atoms with Gasteiger partial charge >= 0.3 is 0 Å². The van der Waals surface area contributed by atoms with Crippen molar-refractivity contribution in [1.29, 1.82) is 0 Å². The van der Waals surface area contributed by atoms with Gasteiger partial charge in [-0.05, 0) is 25.2 Å². The van der Waals surface area contributed by atoms with Gasteiger partial charge in [0, 0.05) is 5.92 Å². The lowest BCUT2D eigenvalue weighted by Crippen LogP contribution is -2.58. The van der Waals surface area contributed by atoms with E-state index in [0.717, 1.165) is 6.42 Å². The molecule has 0 spiro atoms. The molecule has 2 fully saturated rings. The molecule has 136 valence electrons. The lowest BCUT2D eigenvalue weighted by atomic mass is 9.81. The second-order valence-corrected chi connectivity index (χ2v) is 7.17. The van der Waals surface area contributed by atoms with Crippen LogP contribution in [-0.4, -0.2) is 64.8 Å². The highest BCUT2D eigenvalue weighted by Crippen LogP contribution is 2.36. The Morgan fingerprint density at radius 2 is 1.52 bits per heavy atom. The van der Waals surface area contributed by atoms with Crippen LogP contribution < -0.4 is 0 Å². The number of hydrogen-bond acceptors (Lipinski definition) is 6. The Morgan fingerprint density at radius 3 is 2.09 bits per heavy atom. The van der Waals surface area contributed by atoms with E-state index in [9.17, 15) is 15.3 Å². The summed E-state index contributed by atoms with van der Waals surface area (Å²) in [7, 11) is 0. The van der Waals surface area contributed by atoms with E-state index in [1.807, 2.05) is 0 Å². The van der Waals surface area contributed by atoms with Gasteiger partial charge in [0.15, 0.2) is 6.29 Å². The third-order valence-electron chi connectivity index (χ3n) is 5.76. The SMILES string of the molecule is CCC1O[C@@H](C)C(C)[C@@H](C)[C@H]1O[C@H]1O[C@@H](CO)[C@@H](O)C(C)C1O. The van der Waals surface area contributed by atoms with Gasteiger partial charge in [0.2, 0.25) is 0 Å². The van der Waals surface area contributed by atoms with E-state index in [0.29, 0.717) is 5.92 Å². The van der Waals surface area contributed by atoms with Gasteiger partial charge in [-0.15, -0.1) is 0 Å². The molecular weight excluding hydrogens is 300 g/mol. The minimum Gasteiger partial charge on any atom is -0.394 e. The van der Waals surface area contributed by atoms with E-state index in [1.165, 1.54) is 0 Å². The highest BCUT2D eigenvalue weighted by Gasteiger charge is 2.46. The summed E-state index contributed by atoms with van der Waals surface area (Å²) in [5.41, 5.74) is 0. The quantitative estimate of drug-likeness (QED) is 0.709. The molecule has 3 N–H and O–H groups in total. The van der Waals surface area contributed by atoms with Crippen molar-refractivity contribution in [2.24, 2.45) is 17.8 Å². The molecule has 0 aromatic rings. The molecule has 0 aliphatic carbocycles. The monoisotopic (exact) mass is 332 g/mol. The molecule has 2 aliphatic rings. The second kappa shape index (κ2) is 7.76. The van der Waals surface area contributed by atoms with Crippen LogP contribution in [0.15, 0.2) is 0 Å². The Balaban J connectivity index is 2.11. The fourth-order valence-corrected chi connectivity index (χ4v) is 3.62. The van der Waals surface area contributed by atoms with E-state index in [1.54, 1.807) is 6.92 Å². The number of hydrogen-bond donors (Lipinski definition) is 3. The summed E-state index contributed by atoms with van der Waals surface area (Å²) < 4.78 is 17.8. The standard InChI is InChI=1S/C17H32O6/c1-6-12-16(9(3)8(2)11(5)21-12)23-17-15(20)10(4)14(19)13(7-18)22-17/h8-20H,6-7H2,1-5H3/t8?,9-,10?,11+,12?,13+,14+,15?,16-,17-/m1/s1. The highest BCUT2D eigenvalue weighted by molar-refractivity contribution is 4.91. The summed E-state index contributed by atoms with van der Waals surface area (Å²) in [6.07, 6.45) is -2.71. The van der Waals surface area contributed by atoms with Crippen molar-refractivity contribution in [3.05, 3.63) is 0 Å². The first-order valence-electron chi connectivity index (χ1n) is 8.75. The van der Waals surface area contributed by atoms with Crippen LogP contribution in [0.3, 0.4) is 0 Å². The van der Waals surface area contributed by atoms with Crippen LogP contribution in [0, 0.1) is 17.8 Å². The number of ether oxygens (including phenoxy) is 3. The van der Waals surface area contributed by atoms with Crippen LogP contribution >= 0.6 is 0 Å². The molecule has 23 heavy (non-hydrogen) atoms. The maximum Gasteiger partial charge on any atom is 0.184 e. The zero-order valence-corrected chi connectivity index (χ0v) is 14.8. The first-order chi connectivity index (χ1) is 10.8. The molecule has 6 nitrogen and oxygen atoms in total. The van der Waals surface area contributed by atoms with Crippen molar-refractivity contribution in [2.45, 2.75) is 84.0 Å². The van der Waals surface area contributed by atoms with Crippen LogP contribution in [0.5, 0.6) is 0 Å². The van der Waals surface area contributed by atoms with Gasteiger partial charge in [0.05, 0.1) is 31.0 Å². The van der Waals surface area contributed by atoms with E-state index >= 15 is 0 Å². The van der Waals surface area contributed by atoms with Gasteiger partial charge in [-0.2, -0.15) is 0 Å². The summed E-state index contributed by atoms with van der Waals surface area (Å²) in [5.74, 6) is 0.163. The van der Waals surface area contributed by atoms with Gasteiger partial charge in [0.25, 0.3) is 0 Å². The van der Waals surface area contributed by atoms with E-state index in [-0.39, 0.29) is 30.8 Å². The third kappa shape index (κ3) is 3.72. The topological polar surface area (TPSA) is 88.4 Å². The maximum atomic E-state index is 10.4. The molecular formula is C17H32O6. The van der Waals surface area contributed by atoms with Crippen LogP contribution in [-0.2, 0) is 14.2 Å². The van der Waals surface area contributed by atoms with Crippen molar-refractivity contribution < 1.29 is 29.5 Å². The number of aliphatic hydroxyl groups excluding tert-OH is 3. The first kappa shape index (κ1) is 19.1. The molecule has 2 saturated heterocycles. The van der Waals surface area contributed by atoms with Gasteiger partial charge < -0.3 is 29.5 Å². The minimum atomic E-state index is -0.938. The van der Waals surface area contributed by atoms with Gasteiger partial charge in [0.1, 0.15) is 12.2 Å². The Hall–Kier alpha value is -0.240. The fraction of sp³-hybridized carbons (Fsp3) is 1.00. The summed E-state index contributed by atoms with van der Waals surface area (Å²) in [6, 6.07) is 0. The molecule has 0 radical (unpaired) electrons. The molecule has 0 aromatic carbocycles. The Kier molecular flexibility index (Phi) is 6.44. The lowest BCUT2D eigenvalue weighted by Gasteiger charge is -2.47. The van der Waals surface area contributed by atoms with Crippen molar-refractivity contribution in [3.63, 3.8) is 0 Å². The summed E-state index contributed by atoms with van der Waals surface area (Å²) in [5, 5.41) is 29.8. The summed E-state index contributed by atoms with van der Waals surface area (Å²) >= 11 is 0. The number of aliphatic hydroxyl groups is 3. The average Bonchev–Trinajstić information content (AvgIpc) is 2.55. The smallest absolute Gasteiger partial charge is 0.184 e. The number of rotatable bonds is 4. The largest absolute Gasteiger partial charge is 0.394 e. The maximum absolute atomic E-state index is 10.4. The van der Waals surface area contributed by atoms with Gasteiger partial charge in [-0.1, -0.05) is 27.7 Å². The predicted molar refractivity (Wildman–Crippen MR) is 84.8 cm³/mol. The van der Waals surface area contributed by atoms with Crippen LogP contribution in [0.25, 0.3) is 0 Å². The fourth-order valence-electron chi connectivity index (χ4n) is 3.62. The summed E-state index contributed by atoms with van der Waals surface area (Å²) in [4.78, 5) is 0. The zero-order chi connectivity index (χ0) is 17.3. The molecule has 2 rings (SSSR count). The van der Waals surface area contributed by atoms with Crippen LogP contribution in [0.2, 0.25) is 0 Å².